The Morgan fingerprint density at radius 2 is 1.73 bits per heavy atom. The number of phenols is 1. The molecule has 0 radical (unpaired) electrons. The van der Waals surface area contributed by atoms with Gasteiger partial charge in [-0.2, -0.15) is 0 Å². The van der Waals surface area contributed by atoms with Crippen LogP contribution in [0, 0.1) is 0 Å². The van der Waals surface area contributed by atoms with Crippen molar-refractivity contribution in [1.29, 1.82) is 0 Å². The van der Waals surface area contributed by atoms with Gasteiger partial charge in [0.1, 0.15) is 11.3 Å². The molecular weight excluding hydrogens is 272 g/mol. The Balaban J connectivity index is 1.94. The van der Waals surface area contributed by atoms with Crippen molar-refractivity contribution < 1.29 is 5.11 Å². The predicted molar refractivity (Wildman–Crippen MR) is 93.1 cm³/mol. The third-order valence-corrected chi connectivity index (χ3v) is 3.65. The van der Waals surface area contributed by atoms with Crippen molar-refractivity contribution in [3.05, 3.63) is 65.9 Å². The summed E-state index contributed by atoms with van der Waals surface area (Å²) in [5.41, 5.74) is 3.98. The van der Waals surface area contributed by atoms with Gasteiger partial charge in [0.05, 0.1) is 0 Å². The molecule has 22 heavy (non-hydrogen) atoms. The number of rotatable bonds is 3. The Morgan fingerprint density at radius 1 is 0.955 bits per heavy atom. The molecule has 3 aromatic rings. The minimum atomic E-state index is 0.211. The fraction of sp³-hybridized carbons (Fsp3) is 0.105. The lowest BCUT2D eigenvalue weighted by atomic mass is 10.1. The maximum absolute atomic E-state index is 9.87. The largest absolute Gasteiger partial charge is 0.506 e. The fourth-order valence-corrected chi connectivity index (χ4v) is 2.40. The van der Waals surface area contributed by atoms with Gasteiger partial charge in [-0.3, -0.25) is 4.98 Å². The monoisotopic (exact) mass is 290 g/mol. The molecule has 0 saturated heterocycles. The van der Waals surface area contributed by atoms with Crippen molar-refractivity contribution >= 4 is 28.7 Å². The van der Waals surface area contributed by atoms with Crippen molar-refractivity contribution in [3.8, 4) is 5.75 Å². The Labute approximate surface area is 130 Å². The Kier molecular flexibility index (Phi) is 3.79. The van der Waals surface area contributed by atoms with Crippen LogP contribution in [0.5, 0.6) is 5.75 Å². The topological polar surface area (TPSA) is 36.4 Å². The predicted octanol–water partition coefficient (Wildman–Crippen LogP) is 4.18. The molecule has 0 aliphatic rings. The molecule has 0 bridgehead atoms. The summed E-state index contributed by atoms with van der Waals surface area (Å²) in [6.07, 6.45) is 5.84. The summed E-state index contributed by atoms with van der Waals surface area (Å²) >= 11 is 0. The van der Waals surface area contributed by atoms with E-state index >= 15 is 0 Å². The number of phenolic OH excluding ortho intramolecular Hbond substituents is 1. The second-order valence-electron chi connectivity index (χ2n) is 5.39. The molecular formula is C19H18N2O. The molecule has 3 nitrogen and oxygen atoms in total. The van der Waals surface area contributed by atoms with E-state index < -0.39 is 0 Å². The molecule has 1 heterocycles. The molecule has 0 aliphatic heterocycles. The van der Waals surface area contributed by atoms with Crippen LogP contribution >= 0.6 is 0 Å². The third-order valence-electron chi connectivity index (χ3n) is 3.65. The second kappa shape index (κ2) is 5.90. The maximum Gasteiger partial charge on any atom is 0.141 e. The van der Waals surface area contributed by atoms with Gasteiger partial charge in [-0.25, -0.2) is 0 Å². The van der Waals surface area contributed by atoms with Gasteiger partial charge in [-0.05, 0) is 35.4 Å². The highest BCUT2D eigenvalue weighted by Crippen LogP contribution is 2.26. The van der Waals surface area contributed by atoms with E-state index in [0.29, 0.717) is 5.52 Å². The molecule has 0 amide bonds. The molecule has 0 spiro atoms. The molecule has 0 saturated carbocycles. The molecule has 110 valence electrons. The summed E-state index contributed by atoms with van der Waals surface area (Å²) in [6.45, 7) is 0. The lowest BCUT2D eigenvalue weighted by molar-refractivity contribution is 0.480. The first-order valence-electron chi connectivity index (χ1n) is 7.17. The Morgan fingerprint density at radius 3 is 2.45 bits per heavy atom. The van der Waals surface area contributed by atoms with Crippen molar-refractivity contribution in [2.24, 2.45) is 0 Å². The first-order valence-corrected chi connectivity index (χ1v) is 7.17. The quantitative estimate of drug-likeness (QED) is 0.786. The van der Waals surface area contributed by atoms with Gasteiger partial charge in [0.25, 0.3) is 0 Å². The summed E-state index contributed by atoms with van der Waals surface area (Å²) in [5, 5.41) is 10.8. The lowest BCUT2D eigenvalue weighted by Crippen LogP contribution is -2.07. The Bertz CT molecular complexity index is 820. The molecule has 3 rings (SSSR count). The number of hydrogen-bond donors (Lipinski definition) is 1. The fourth-order valence-electron chi connectivity index (χ4n) is 2.40. The minimum absolute atomic E-state index is 0.211. The van der Waals surface area contributed by atoms with E-state index in [4.69, 9.17) is 0 Å². The minimum Gasteiger partial charge on any atom is -0.506 e. The highest BCUT2D eigenvalue weighted by Gasteiger charge is 2.03. The first-order chi connectivity index (χ1) is 10.6. The number of fused-ring (bicyclic) bond motifs is 1. The lowest BCUT2D eigenvalue weighted by Gasteiger charge is -2.11. The average Bonchev–Trinajstić information content (AvgIpc) is 2.54. The van der Waals surface area contributed by atoms with Crippen LogP contribution in [0.4, 0.5) is 5.69 Å². The highest BCUT2D eigenvalue weighted by atomic mass is 16.3. The zero-order valence-electron chi connectivity index (χ0n) is 12.7. The van der Waals surface area contributed by atoms with Crippen LogP contribution < -0.4 is 4.90 Å². The number of aromatic nitrogens is 1. The van der Waals surface area contributed by atoms with E-state index in [-0.39, 0.29) is 5.75 Å². The summed E-state index contributed by atoms with van der Waals surface area (Å²) in [6, 6.07) is 15.8. The number of para-hydroxylation sites is 1. The van der Waals surface area contributed by atoms with Crippen molar-refractivity contribution in [3.63, 3.8) is 0 Å². The number of aromatic hydroxyl groups is 1. The van der Waals surface area contributed by atoms with Gasteiger partial charge in [0.15, 0.2) is 0 Å². The number of hydrogen-bond acceptors (Lipinski definition) is 3. The van der Waals surface area contributed by atoms with Crippen LogP contribution in [0.25, 0.3) is 23.1 Å². The van der Waals surface area contributed by atoms with Gasteiger partial charge < -0.3 is 10.0 Å². The molecule has 1 aromatic heterocycles. The van der Waals surface area contributed by atoms with Crippen molar-refractivity contribution in [2.45, 2.75) is 0 Å². The highest BCUT2D eigenvalue weighted by molar-refractivity contribution is 5.93. The van der Waals surface area contributed by atoms with Crippen molar-refractivity contribution in [1.82, 2.24) is 4.98 Å². The smallest absolute Gasteiger partial charge is 0.141 e. The van der Waals surface area contributed by atoms with E-state index in [1.165, 1.54) is 5.69 Å². The van der Waals surface area contributed by atoms with Crippen LogP contribution in [-0.2, 0) is 0 Å². The van der Waals surface area contributed by atoms with Gasteiger partial charge in [0.2, 0.25) is 0 Å². The van der Waals surface area contributed by atoms with E-state index in [0.717, 1.165) is 16.5 Å². The summed E-state index contributed by atoms with van der Waals surface area (Å²) in [4.78, 5) is 6.31. The number of nitrogens with zero attached hydrogens (tertiary/aromatic N) is 2. The van der Waals surface area contributed by atoms with Gasteiger partial charge in [-0.1, -0.05) is 36.4 Å². The van der Waals surface area contributed by atoms with Crippen LogP contribution in [0.3, 0.4) is 0 Å². The molecule has 3 heteroatoms. The summed E-state index contributed by atoms with van der Waals surface area (Å²) < 4.78 is 0. The van der Waals surface area contributed by atoms with E-state index in [1.54, 1.807) is 12.3 Å². The number of pyridine rings is 1. The molecule has 0 aliphatic carbocycles. The van der Waals surface area contributed by atoms with Gasteiger partial charge in [0, 0.05) is 31.4 Å². The number of benzene rings is 2. The van der Waals surface area contributed by atoms with E-state index in [2.05, 4.69) is 40.2 Å². The standard InChI is InChI=1S/C19H18N2O/c1-21(2)16-10-7-14(8-11-16)6-9-15-12-13-20-19-17(15)4-3-5-18(19)22/h3-13,22H,1-2H3. The normalized spacial score (nSPS) is 11.2. The SMILES string of the molecule is CN(C)c1ccc(C=Cc2ccnc3c(O)cccc23)cc1. The Hall–Kier alpha value is -2.81. The summed E-state index contributed by atoms with van der Waals surface area (Å²) in [7, 11) is 4.06. The van der Waals surface area contributed by atoms with Crippen LogP contribution in [0.15, 0.2) is 54.7 Å². The first kappa shape index (κ1) is 14.1. The third kappa shape index (κ3) is 2.79. The van der Waals surface area contributed by atoms with Crippen molar-refractivity contribution in [2.75, 3.05) is 19.0 Å². The molecule has 2 aromatic carbocycles. The van der Waals surface area contributed by atoms with Crippen LogP contribution in [0.1, 0.15) is 11.1 Å². The average molecular weight is 290 g/mol. The zero-order chi connectivity index (χ0) is 15.5. The molecule has 1 N–H and O–H groups in total. The van der Waals surface area contributed by atoms with E-state index in [1.807, 2.05) is 38.4 Å². The van der Waals surface area contributed by atoms with Crippen LogP contribution in [0.2, 0.25) is 0 Å². The zero-order valence-corrected chi connectivity index (χ0v) is 12.7. The second-order valence-corrected chi connectivity index (χ2v) is 5.39. The van der Waals surface area contributed by atoms with E-state index in [9.17, 15) is 5.11 Å². The summed E-state index contributed by atoms with van der Waals surface area (Å²) in [5.74, 6) is 0.211. The van der Waals surface area contributed by atoms with Gasteiger partial charge >= 0.3 is 0 Å². The molecule has 0 unspecified atom stereocenters. The van der Waals surface area contributed by atoms with Crippen LogP contribution in [-0.4, -0.2) is 24.2 Å². The molecule has 0 fully saturated rings. The number of anilines is 1. The molecule has 0 atom stereocenters. The maximum atomic E-state index is 9.87. The van der Waals surface area contributed by atoms with Gasteiger partial charge in [-0.15, -0.1) is 0 Å².